The van der Waals surface area contributed by atoms with Crippen LogP contribution in [0.4, 0.5) is 0 Å². The van der Waals surface area contributed by atoms with Gasteiger partial charge in [-0.05, 0) is 33.1 Å². The predicted molar refractivity (Wildman–Crippen MR) is 156 cm³/mol. The Bertz CT molecular complexity index is 546. The van der Waals surface area contributed by atoms with Crippen molar-refractivity contribution in [2.24, 2.45) is 0 Å². The largest absolute Gasteiger partial charge is 0.394 e. The lowest BCUT2D eigenvalue weighted by Crippen LogP contribution is -2.50. The van der Waals surface area contributed by atoms with Crippen molar-refractivity contribution in [2.75, 3.05) is 58.2 Å². The number of ether oxygens (including phenoxy) is 7. The van der Waals surface area contributed by atoms with E-state index in [1.54, 1.807) is 0 Å². The molecule has 0 aromatic rings. The van der Waals surface area contributed by atoms with Gasteiger partial charge in [-0.2, -0.15) is 0 Å². The van der Waals surface area contributed by atoms with Gasteiger partial charge in [0.15, 0.2) is 12.6 Å². The second-order valence-corrected chi connectivity index (χ2v) is 10.6. The van der Waals surface area contributed by atoms with Crippen LogP contribution < -0.4 is 0 Å². The van der Waals surface area contributed by atoms with Crippen LogP contribution in [0.5, 0.6) is 0 Å². The third kappa shape index (κ3) is 18.6. The van der Waals surface area contributed by atoms with Crippen molar-refractivity contribution in [3.63, 3.8) is 0 Å². The van der Waals surface area contributed by atoms with Crippen molar-refractivity contribution in [2.45, 2.75) is 122 Å². The molecule has 242 valence electrons. The highest BCUT2D eigenvalue weighted by atomic mass is 79.9. The number of unbranched alkanes of at least 4 members (excludes halogenated alkanes) is 3. The molecule has 11 nitrogen and oxygen atoms in total. The first kappa shape index (κ1) is 40.0. The Hall–Kier alpha value is 0.0400. The highest BCUT2D eigenvalue weighted by Gasteiger charge is 2.36. The van der Waals surface area contributed by atoms with E-state index in [0.717, 1.165) is 38.5 Å². The minimum absolute atomic E-state index is 0.0396. The van der Waals surface area contributed by atoms with Gasteiger partial charge in [0.05, 0.1) is 45.2 Å². The normalized spacial score (nSPS) is 18.1. The maximum absolute atomic E-state index is 10.5. The topological polar surface area (TPSA) is 146 Å². The van der Waals surface area contributed by atoms with Crippen LogP contribution in [0.25, 0.3) is 0 Å². The van der Waals surface area contributed by atoms with Gasteiger partial charge < -0.3 is 53.6 Å². The summed E-state index contributed by atoms with van der Waals surface area (Å²) in [6.07, 6.45) is -2.05. The van der Waals surface area contributed by atoms with Crippen LogP contribution in [0.3, 0.4) is 0 Å². The molecule has 0 saturated heterocycles. The standard InChI is InChI=1S/C28H57BrO11/c1-6-9-13-34-19-25(22(5)36-15-11-8-3)39-28(37-16-12-29)26(20-35-14-10-7-2)40-27(23(33)17-30)38-24(18-31)21(4)32/h21-28,30-33H,6-20H2,1-5H3/t21-,22-,23+,24?,25?,26+,27+,28-/m0/s1. The minimum atomic E-state index is -1.47. The van der Waals surface area contributed by atoms with Crippen molar-refractivity contribution < 1.29 is 53.6 Å². The van der Waals surface area contributed by atoms with E-state index in [1.165, 1.54) is 6.92 Å². The van der Waals surface area contributed by atoms with Crippen LogP contribution in [0, 0.1) is 0 Å². The van der Waals surface area contributed by atoms with Crippen LogP contribution in [0.15, 0.2) is 0 Å². The van der Waals surface area contributed by atoms with Crippen LogP contribution in [-0.2, 0) is 33.2 Å². The average molecular weight is 650 g/mol. The number of aliphatic hydroxyl groups is 4. The molecule has 0 aliphatic carbocycles. The van der Waals surface area contributed by atoms with Crippen molar-refractivity contribution >= 4 is 15.9 Å². The Morgan fingerprint density at radius 2 is 1.15 bits per heavy atom. The number of rotatable bonds is 29. The number of halogens is 1. The summed E-state index contributed by atoms with van der Waals surface area (Å²) in [5.41, 5.74) is 0. The van der Waals surface area contributed by atoms with E-state index in [4.69, 9.17) is 33.2 Å². The molecule has 0 aliphatic rings. The lowest BCUT2D eigenvalue weighted by molar-refractivity contribution is -0.312. The lowest BCUT2D eigenvalue weighted by atomic mass is 10.2. The summed E-state index contributed by atoms with van der Waals surface area (Å²) in [5.74, 6) is 0. The molecule has 8 atom stereocenters. The quantitative estimate of drug-likeness (QED) is 0.0539. The van der Waals surface area contributed by atoms with Crippen LogP contribution in [-0.4, -0.2) is 128 Å². The molecule has 0 rings (SSSR count). The lowest BCUT2D eigenvalue weighted by Gasteiger charge is -2.36. The molecule has 0 spiro atoms. The molecule has 0 saturated carbocycles. The fourth-order valence-electron chi connectivity index (χ4n) is 3.40. The molecule has 0 amide bonds. The molecule has 0 bridgehead atoms. The smallest absolute Gasteiger partial charge is 0.186 e. The van der Waals surface area contributed by atoms with Crippen LogP contribution >= 0.6 is 15.9 Å². The van der Waals surface area contributed by atoms with Crippen molar-refractivity contribution in [3.05, 3.63) is 0 Å². The van der Waals surface area contributed by atoms with E-state index in [1.807, 2.05) is 6.92 Å². The monoisotopic (exact) mass is 648 g/mol. The molecule has 12 heteroatoms. The summed E-state index contributed by atoms with van der Waals surface area (Å²) in [6, 6.07) is 0. The first-order valence-corrected chi connectivity index (χ1v) is 15.9. The molecule has 0 aliphatic heterocycles. The van der Waals surface area contributed by atoms with Gasteiger partial charge >= 0.3 is 0 Å². The van der Waals surface area contributed by atoms with Gasteiger partial charge in [0, 0.05) is 25.2 Å². The fraction of sp³-hybridized carbons (Fsp3) is 1.00. The van der Waals surface area contributed by atoms with Gasteiger partial charge in [-0.1, -0.05) is 56.0 Å². The second-order valence-electron chi connectivity index (χ2n) is 9.78. The zero-order valence-electron chi connectivity index (χ0n) is 25.2. The third-order valence-electron chi connectivity index (χ3n) is 6.06. The Morgan fingerprint density at radius 1 is 0.625 bits per heavy atom. The van der Waals surface area contributed by atoms with Gasteiger partial charge in [-0.15, -0.1) is 0 Å². The molecule has 0 heterocycles. The number of alkyl halides is 1. The number of hydrogen-bond acceptors (Lipinski definition) is 11. The fourth-order valence-corrected chi connectivity index (χ4v) is 3.59. The molecular weight excluding hydrogens is 592 g/mol. The Kier molecular flexibility index (Phi) is 26.7. The Morgan fingerprint density at radius 3 is 1.65 bits per heavy atom. The molecule has 2 unspecified atom stereocenters. The van der Waals surface area contributed by atoms with Gasteiger partial charge in [0.2, 0.25) is 0 Å². The summed E-state index contributed by atoms with van der Waals surface area (Å²) in [5, 5.41) is 40.3. The molecule has 0 aromatic heterocycles. The SMILES string of the molecule is CCCCOCC(O[C@H](OCCBr)[C@@H](COCCCC)O[C@@H](OC(CO)[C@H](C)O)[C@H](O)CO)[C@H](C)OCCCC. The first-order valence-electron chi connectivity index (χ1n) is 14.8. The molecule has 40 heavy (non-hydrogen) atoms. The first-order chi connectivity index (χ1) is 19.3. The molecule has 0 radical (unpaired) electrons. The summed E-state index contributed by atoms with van der Waals surface area (Å²) < 4.78 is 42.1. The number of hydrogen-bond donors (Lipinski definition) is 4. The van der Waals surface area contributed by atoms with Gasteiger partial charge in [-0.25, -0.2) is 0 Å². The van der Waals surface area contributed by atoms with Gasteiger partial charge in [0.25, 0.3) is 0 Å². The van der Waals surface area contributed by atoms with E-state index in [-0.39, 0.29) is 25.9 Å². The van der Waals surface area contributed by atoms with E-state index in [0.29, 0.717) is 25.2 Å². The zero-order valence-corrected chi connectivity index (χ0v) is 26.8. The number of aliphatic hydroxyl groups excluding tert-OH is 4. The highest BCUT2D eigenvalue weighted by Crippen LogP contribution is 2.20. The maximum Gasteiger partial charge on any atom is 0.186 e. The van der Waals surface area contributed by atoms with Crippen molar-refractivity contribution in [1.82, 2.24) is 0 Å². The van der Waals surface area contributed by atoms with Gasteiger partial charge in [-0.3, -0.25) is 0 Å². The molecule has 0 aromatic carbocycles. The zero-order chi connectivity index (χ0) is 30.2. The van der Waals surface area contributed by atoms with Crippen molar-refractivity contribution in [1.29, 1.82) is 0 Å². The van der Waals surface area contributed by atoms with E-state index in [9.17, 15) is 20.4 Å². The van der Waals surface area contributed by atoms with Crippen molar-refractivity contribution in [3.8, 4) is 0 Å². The Labute approximate surface area is 249 Å². The summed E-state index contributed by atoms with van der Waals surface area (Å²) >= 11 is 3.38. The van der Waals surface area contributed by atoms with E-state index in [2.05, 4.69) is 36.7 Å². The molecule has 4 N–H and O–H groups in total. The summed E-state index contributed by atoms with van der Waals surface area (Å²) in [7, 11) is 0. The molecule has 0 fully saturated rings. The summed E-state index contributed by atoms with van der Waals surface area (Å²) in [6.45, 7) is 10.7. The third-order valence-corrected chi connectivity index (χ3v) is 6.38. The summed E-state index contributed by atoms with van der Waals surface area (Å²) in [4.78, 5) is 0. The average Bonchev–Trinajstić information content (AvgIpc) is 2.95. The predicted octanol–water partition coefficient (Wildman–Crippen LogP) is 2.77. The molecular formula is C28H57BrO11. The van der Waals surface area contributed by atoms with Crippen LogP contribution in [0.2, 0.25) is 0 Å². The minimum Gasteiger partial charge on any atom is -0.394 e. The van der Waals surface area contributed by atoms with E-state index >= 15 is 0 Å². The maximum atomic E-state index is 10.5. The van der Waals surface area contributed by atoms with E-state index < -0.39 is 56.3 Å². The second kappa shape index (κ2) is 26.7. The van der Waals surface area contributed by atoms with Gasteiger partial charge in [0.1, 0.15) is 24.4 Å². The Balaban J connectivity index is 6.02. The van der Waals surface area contributed by atoms with Crippen LogP contribution in [0.1, 0.15) is 73.1 Å². The highest BCUT2D eigenvalue weighted by molar-refractivity contribution is 9.09.